The van der Waals surface area contributed by atoms with Gasteiger partial charge in [0.25, 0.3) is 0 Å². The van der Waals surface area contributed by atoms with Crippen molar-refractivity contribution in [3.8, 4) is 5.75 Å². The number of nitrogens with zero attached hydrogens (tertiary/aromatic N) is 3. The van der Waals surface area contributed by atoms with Crippen LogP contribution in [0.3, 0.4) is 0 Å². The maximum atomic E-state index is 12.9. The molecular formula is C17H23F3IN5O. The van der Waals surface area contributed by atoms with Gasteiger partial charge in [-0.25, -0.2) is 0 Å². The molecule has 2 aromatic rings. The van der Waals surface area contributed by atoms with Crippen LogP contribution in [0, 0.1) is 6.92 Å². The Morgan fingerprint density at radius 2 is 1.89 bits per heavy atom. The lowest BCUT2D eigenvalue weighted by molar-refractivity contribution is -0.142. The molecule has 0 atom stereocenters. The molecule has 27 heavy (non-hydrogen) atoms. The van der Waals surface area contributed by atoms with Crippen molar-refractivity contribution in [2.75, 3.05) is 20.2 Å². The van der Waals surface area contributed by atoms with Crippen LogP contribution in [0.15, 0.2) is 35.5 Å². The number of benzene rings is 1. The van der Waals surface area contributed by atoms with Gasteiger partial charge >= 0.3 is 6.18 Å². The monoisotopic (exact) mass is 497 g/mol. The SMILES string of the molecule is CN=C(NCCOc1ccc(C)cc1)NCc1cn(C)nc1C(F)(F)F.I. The van der Waals surface area contributed by atoms with Crippen LogP contribution in [-0.2, 0) is 19.8 Å². The van der Waals surface area contributed by atoms with Crippen LogP contribution in [0.1, 0.15) is 16.8 Å². The molecule has 150 valence electrons. The first-order valence-electron chi connectivity index (χ1n) is 8.03. The number of aryl methyl sites for hydroxylation is 2. The van der Waals surface area contributed by atoms with E-state index in [0.717, 1.165) is 16.0 Å². The molecule has 0 fully saturated rings. The minimum absolute atomic E-state index is 0. The zero-order valence-corrected chi connectivity index (χ0v) is 17.6. The van der Waals surface area contributed by atoms with Gasteiger partial charge in [-0.1, -0.05) is 17.7 Å². The van der Waals surface area contributed by atoms with Gasteiger partial charge in [0.15, 0.2) is 11.7 Å². The Morgan fingerprint density at radius 1 is 1.22 bits per heavy atom. The molecule has 0 bridgehead atoms. The van der Waals surface area contributed by atoms with Crippen LogP contribution in [0.4, 0.5) is 13.2 Å². The summed E-state index contributed by atoms with van der Waals surface area (Å²) in [6.45, 7) is 2.80. The molecule has 6 nitrogen and oxygen atoms in total. The molecule has 0 saturated carbocycles. The standard InChI is InChI=1S/C17H22F3N5O.HI/c1-12-4-6-14(7-5-12)26-9-8-22-16(21-2)23-10-13-11-25(3)24-15(13)17(18,19)20;/h4-7,11H,8-10H2,1-3H3,(H2,21,22,23);1H. The summed E-state index contributed by atoms with van der Waals surface area (Å²) in [5.74, 6) is 1.14. The normalized spacial score (nSPS) is 11.7. The Balaban J connectivity index is 0.00000364. The van der Waals surface area contributed by atoms with Crippen LogP contribution < -0.4 is 15.4 Å². The first-order valence-corrected chi connectivity index (χ1v) is 8.03. The zero-order valence-electron chi connectivity index (χ0n) is 15.3. The second-order valence-electron chi connectivity index (χ2n) is 5.69. The van der Waals surface area contributed by atoms with Gasteiger partial charge in [0.1, 0.15) is 12.4 Å². The minimum atomic E-state index is -4.49. The van der Waals surface area contributed by atoms with Crippen LogP contribution in [0.2, 0.25) is 0 Å². The Labute approximate surface area is 173 Å². The van der Waals surface area contributed by atoms with Crippen LogP contribution in [0.25, 0.3) is 0 Å². The van der Waals surface area contributed by atoms with Gasteiger partial charge in [-0.2, -0.15) is 18.3 Å². The molecule has 10 heteroatoms. The third-order valence-electron chi connectivity index (χ3n) is 3.53. The first-order chi connectivity index (χ1) is 12.3. The zero-order chi connectivity index (χ0) is 19.2. The van der Waals surface area contributed by atoms with Crippen molar-refractivity contribution in [2.45, 2.75) is 19.6 Å². The molecule has 2 N–H and O–H groups in total. The predicted octanol–water partition coefficient (Wildman–Crippen LogP) is 3.11. The fourth-order valence-corrected chi connectivity index (χ4v) is 2.28. The summed E-state index contributed by atoms with van der Waals surface area (Å²) < 4.78 is 45.5. The topological polar surface area (TPSA) is 63.5 Å². The number of aromatic nitrogens is 2. The molecule has 0 unspecified atom stereocenters. The van der Waals surface area contributed by atoms with E-state index in [1.807, 2.05) is 31.2 Å². The largest absolute Gasteiger partial charge is 0.492 e. The van der Waals surface area contributed by atoms with Crippen LogP contribution in [0.5, 0.6) is 5.75 Å². The third kappa shape index (κ3) is 7.27. The van der Waals surface area contributed by atoms with Crippen molar-refractivity contribution in [3.63, 3.8) is 0 Å². The summed E-state index contributed by atoms with van der Waals surface area (Å²) >= 11 is 0. The quantitative estimate of drug-likeness (QED) is 0.279. The maximum Gasteiger partial charge on any atom is 0.435 e. The number of guanidine groups is 1. The average molecular weight is 497 g/mol. The minimum Gasteiger partial charge on any atom is -0.492 e. The van der Waals surface area contributed by atoms with Gasteiger partial charge in [-0.15, -0.1) is 24.0 Å². The lowest BCUT2D eigenvalue weighted by atomic mass is 10.2. The number of ether oxygens (including phenoxy) is 1. The number of hydrogen-bond acceptors (Lipinski definition) is 3. The highest BCUT2D eigenvalue weighted by Gasteiger charge is 2.36. The van der Waals surface area contributed by atoms with E-state index in [2.05, 4.69) is 20.7 Å². The smallest absolute Gasteiger partial charge is 0.435 e. The van der Waals surface area contributed by atoms with Crippen molar-refractivity contribution in [2.24, 2.45) is 12.0 Å². The van der Waals surface area contributed by atoms with Crippen molar-refractivity contribution in [1.82, 2.24) is 20.4 Å². The molecule has 0 aliphatic heterocycles. The number of rotatable bonds is 6. The Bertz CT molecular complexity index is 744. The van der Waals surface area contributed by atoms with E-state index < -0.39 is 11.9 Å². The van der Waals surface area contributed by atoms with Crippen molar-refractivity contribution in [1.29, 1.82) is 0 Å². The van der Waals surface area contributed by atoms with Gasteiger partial charge in [0.2, 0.25) is 0 Å². The molecule has 1 heterocycles. The summed E-state index contributed by atoms with van der Waals surface area (Å²) in [6.07, 6.45) is -3.15. The van der Waals surface area contributed by atoms with Crippen LogP contribution >= 0.6 is 24.0 Å². The maximum absolute atomic E-state index is 12.9. The Hall–Kier alpha value is -1.98. The number of aliphatic imine (C=N–C) groups is 1. The van der Waals surface area contributed by atoms with Gasteiger partial charge in [0, 0.05) is 32.4 Å². The summed E-state index contributed by atoms with van der Waals surface area (Å²) in [5, 5.41) is 9.31. The van der Waals surface area contributed by atoms with Gasteiger partial charge in [0.05, 0.1) is 6.54 Å². The number of halogens is 4. The number of hydrogen-bond donors (Lipinski definition) is 2. The molecule has 2 rings (SSSR count). The van der Waals surface area contributed by atoms with Gasteiger partial charge in [-0.3, -0.25) is 9.67 Å². The fraction of sp³-hybridized carbons (Fsp3) is 0.412. The van der Waals surface area contributed by atoms with E-state index >= 15 is 0 Å². The number of nitrogens with one attached hydrogen (secondary N) is 2. The van der Waals surface area contributed by atoms with Crippen molar-refractivity contribution >= 4 is 29.9 Å². The first kappa shape index (κ1) is 23.1. The second-order valence-corrected chi connectivity index (χ2v) is 5.69. The molecule has 0 spiro atoms. The highest BCUT2D eigenvalue weighted by Crippen LogP contribution is 2.30. The third-order valence-corrected chi connectivity index (χ3v) is 3.53. The summed E-state index contributed by atoms with van der Waals surface area (Å²) in [7, 11) is 3.00. The lowest BCUT2D eigenvalue weighted by Gasteiger charge is -2.13. The molecule has 0 aliphatic carbocycles. The highest BCUT2D eigenvalue weighted by molar-refractivity contribution is 14.0. The van der Waals surface area contributed by atoms with E-state index in [0.29, 0.717) is 19.1 Å². The number of alkyl halides is 3. The Morgan fingerprint density at radius 3 is 2.48 bits per heavy atom. The van der Waals surface area contributed by atoms with Crippen molar-refractivity contribution < 1.29 is 17.9 Å². The van der Waals surface area contributed by atoms with E-state index in [-0.39, 0.29) is 36.1 Å². The molecule has 0 radical (unpaired) electrons. The molecule has 0 aliphatic rings. The van der Waals surface area contributed by atoms with E-state index in [1.54, 1.807) is 7.05 Å². The molecule has 0 saturated heterocycles. The predicted molar refractivity (Wildman–Crippen MR) is 109 cm³/mol. The van der Waals surface area contributed by atoms with Crippen molar-refractivity contribution in [3.05, 3.63) is 47.3 Å². The Kier molecular flexibility index (Phi) is 8.86. The summed E-state index contributed by atoms with van der Waals surface area (Å²) in [5.41, 5.74) is 0.304. The highest BCUT2D eigenvalue weighted by atomic mass is 127. The molecule has 1 aromatic heterocycles. The summed E-state index contributed by atoms with van der Waals surface area (Å²) in [4.78, 5) is 3.99. The average Bonchev–Trinajstić information content (AvgIpc) is 2.97. The van der Waals surface area contributed by atoms with Crippen LogP contribution in [-0.4, -0.2) is 35.9 Å². The van der Waals surface area contributed by atoms with Gasteiger partial charge < -0.3 is 15.4 Å². The molecule has 0 amide bonds. The van der Waals surface area contributed by atoms with Gasteiger partial charge in [-0.05, 0) is 19.1 Å². The lowest BCUT2D eigenvalue weighted by Crippen LogP contribution is -2.39. The fourth-order valence-electron chi connectivity index (χ4n) is 2.28. The summed E-state index contributed by atoms with van der Waals surface area (Å²) in [6, 6.07) is 7.66. The van der Waals surface area contributed by atoms with E-state index in [9.17, 15) is 13.2 Å². The van der Waals surface area contributed by atoms with E-state index in [4.69, 9.17) is 4.74 Å². The molecular weight excluding hydrogens is 474 g/mol. The van der Waals surface area contributed by atoms with E-state index in [1.165, 1.54) is 13.2 Å². The second kappa shape index (κ2) is 10.4. The molecule has 1 aromatic carbocycles.